The summed E-state index contributed by atoms with van der Waals surface area (Å²) in [7, 11) is 0. The number of hydrogen-bond donors (Lipinski definition) is 0. The predicted octanol–water partition coefficient (Wildman–Crippen LogP) is 2.65. The van der Waals surface area contributed by atoms with Crippen molar-refractivity contribution in [3.05, 3.63) is 11.7 Å². The summed E-state index contributed by atoms with van der Waals surface area (Å²) in [4.78, 5) is 5.83. The molecule has 1 aromatic heterocycles. The van der Waals surface area contributed by atoms with Crippen molar-refractivity contribution < 1.29 is 17.7 Å². The van der Waals surface area contributed by atoms with Crippen LogP contribution in [0.4, 0.5) is 13.2 Å². The molecule has 2 unspecified atom stereocenters. The Bertz CT molecular complexity index is 445. The van der Waals surface area contributed by atoms with Crippen LogP contribution >= 0.6 is 0 Å². The summed E-state index contributed by atoms with van der Waals surface area (Å²) in [6, 6.07) is 0.00774. The molecular weight excluding hydrogens is 259 g/mol. The van der Waals surface area contributed by atoms with Gasteiger partial charge in [-0.15, -0.1) is 0 Å². The first kappa shape index (κ1) is 12.9. The van der Waals surface area contributed by atoms with Gasteiger partial charge in [-0.2, -0.15) is 18.2 Å². The fraction of sp³-hybridized carbons (Fsp3) is 0.833. The molecule has 2 aliphatic rings. The van der Waals surface area contributed by atoms with Crippen LogP contribution < -0.4 is 0 Å². The van der Waals surface area contributed by atoms with Gasteiger partial charge < -0.3 is 4.52 Å². The number of rotatable bonds is 2. The minimum absolute atomic E-state index is 0.00387. The zero-order valence-corrected chi connectivity index (χ0v) is 10.7. The lowest BCUT2D eigenvalue weighted by Gasteiger charge is -2.38. The van der Waals surface area contributed by atoms with Crippen molar-refractivity contribution in [1.82, 2.24) is 15.0 Å². The van der Waals surface area contributed by atoms with Crippen LogP contribution in [0, 0.1) is 6.92 Å². The molecule has 4 nitrogen and oxygen atoms in total. The molecule has 2 bridgehead atoms. The second kappa shape index (κ2) is 4.47. The van der Waals surface area contributed by atoms with Crippen molar-refractivity contribution in [2.45, 2.75) is 56.8 Å². The van der Waals surface area contributed by atoms with Crippen LogP contribution in [0.15, 0.2) is 4.52 Å². The first-order valence-electron chi connectivity index (χ1n) is 6.55. The van der Waals surface area contributed by atoms with E-state index in [1.54, 1.807) is 11.8 Å². The number of alkyl halides is 3. The molecule has 0 aliphatic carbocycles. The minimum Gasteiger partial charge on any atom is -0.340 e. The smallest absolute Gasteiger partial charge is 0.340 e. The van der Waals surface area contributed by atoms with Crippen molar-refractivity contribution in [3.8, 4) is 0 Å². The number of nitrogens with zero attached hydrogens (tertiary/aromatic N) is 3. The molecule has 2 aliphatic heterocycles. The molecule has 3 heterocycles. The third-order valence-electron chi connectivity index (χ3n) is 4.15. The lowest BCUT2D eigenvalue weighted by molar-refractivity contribution is -0.155. The summed E-state index contributed by atoms with van der Waals surface area (Å²) >= 11 is 0. The largest absolute Gasteiger partial charge is 0.401 e. The van der Waals surface area contributed by atoms with Crippen LogP contribution in [0.1, 0.15) is 43.3 Å². The van der Waals surface area contributed by atoms with Crippen molar-refractivity contribution in [1.29, 1.82) is 0 Å². The summed E-state index contributed by atoms with van der Waals surface area (Å²) in [6.45, 7) is 0.935. The molecule has 19 heavy (non-hydrogen) atoms. The van der Waals surface area contributed by atoms with Gasteiger partial charge in [0.05, 0.1) is 6.54 Å². The molecule has 0 radical (unpaired) electrons. The SMILES string of the molecule is Cc1nc(C2CC3CCC(C2)N3CC(F)(F)F)no1. The van der Waals surface area contributed by atoms with Crippen LogP contribution in [0.5, 0.6) is 0 Å². The normalized spacial score (nSPS) is 31.9. The third kappa shape index (κ3) is 2.61. The van der Waals surface area contributed by atoms with Gasteiger partial charge in [0.25, 0.3) is 0 Å². The molecule has 3 rings (SSSR count). The molecule has 7 heteroatoms. The Morgan fingerprint density at radius 3 is 2.37 bits per heavy atom. The van der Waals surface area contributed by atoms with Gasteiger partial charge in [0, 0.05) is 24.9 Å². The lowest BCUT2D eigenvalue weighted by atomic mass is 9.90. The van der Waals surface area contributed by atoms with Crippen LogP contribution in [-0.2, 0) is 0 Å². The van der Waals surface area contributed by atoms with Gasteiger partial charge in [0.2, 0.25) is 5.89 Å². The molecule has 0 amide bonds. The Morgan fingerprint density at radius 1 is 1.26 bits per heavy atom. The van der Waals surface area contributed by atoms with Crippen molar-refractivity contribution in [2.24, 2.45) is 0 Å². The zero-order chi connectivity index (χ0) is 13.6. The minimum atomic E-state index is -4.11. The molecule has 106 valence electrons. The Morgan fingerprint density at radius 2 is 1.89 bits per heavy atom. The molecule has 2 atom stereocenters. The standard InChI is InChI=1S/C12H16F3N3O/c1-7-16-11(17-19-7)8-4-9-2-3-10(5-8)18(9)6-12(13,14)15/h8-10H,2-6H2,1H3. The Labute approximate surface area is 109 Å². The van der Waals surface area contributed by atoms with Gasteiger partial charge in [-0.3, -0.25) is 4.90 Å². The number of aryl methyl sites for hydroxylation is 1. The van der Waals surface area contributed by atoms with Gasteiger partial charge in [-0.1, -0.05) is 5.16 Å². The van der Waals surface area contributed by atoms with E-state index in [0.717, 1.165) is 12.8 Å². The molecule has 0 aromatic carbocycles. The highest BCUT2D eigenvalue weighted by atomic mass is 19.4. The van der Waals surface area contributed by atoms with Crippen LogP contribution in [0.2, 0.25) is 0 Å². The van der Waals surface area contributed by atoms with E-state index in [0.29, 0.717) is 24.6 Å². The van der Waals surface area contributed by atoms with E-state index in [1.807, 2.05) is 0 Å². The van der Waals surface area contributed by atoms with Crippen molar-refractivity contribution in [3.63, 3.8) is 0 Å². The number of piperidine rings is 1. The number of fused-ring (bicyclic) bond motifs is 2. The van der Waals surface area contributed by atoms with Crippen molar-refractivity contribution in [2.75, 3.05) is 6.54 Å². The summed E-state index contributed by atoms with van der Waals surface area (Å²) in [5.74, 6) is 1.31. The predicted molar refractivity (Wildman–Crippen MR) is 60.6 cm³/mol. The molecule has 0 saturated carbocycles. The maximum absolute atomic E-state index is 12.6. The average Bonchev–Trinajstić information content (AvgIpc) is 2.80. The number of hydrogen-bond acceptors (Lipinski definition) is 4. The Kier molecular flexibility index (Phi) is 3.03. The topological polar surface area (TPSA) is 42.2 Å². The monoisotopic (exact) mass is 275 g/mol. The van der Waals surface area contributed by atoms with Gasteiger partial charge in [0.15, 0.2) is 5.82 Å². The highest BCUT2D eigenvalue weighted by molar-refractivity contribution is 5.06. The highest BCUT2D eigenvalue weighted by Crippen LogP contribution is 2.43. The summed E-state index contributed by atoms with van der Waals surface area (Å²) in [5.41, 5.74) is 0. The Hall–Kier alpha value is -1.11. The van der Waals surface area contributed by atoms with E-state index in [2.05, 4.69) is 10.1 Å². The Balaban J connectivity index is 1.71. The van der Waals surface area contributed by atoms with Gasteiger partial charge in [-0.25, -0.2) is 0 Å². The number of aromatic nitrogens is 2. The maximum atomic E-state index is 12.6. The molecule has 0 spiro atoms. The van der Waals surface area contributed by atoms with Crippen molar-refractivity contribution >= 4 is 0 Å². The van der Waals surface area contributed by atoms with Crippen LogP contribution in [0.3, 0.4) is 0 Å². The fourth-order valence-corrected chi connectivity index (χ4v) is 3.43. The molecule has 0 N–H and O–H groups in total. The van der Waals surface area contributed by atoms with E-state index in [4.69, 9.17) is 4.52 Å². The molecule has 2 fully saturated rings. The fourth-order valence-electron chi connectivity index (χ4n) is 3.43. The third-order valence-corrected chi connectivity index (χ3v) is 4.15. The summed E-state index contributed by atoms with van der Waals surface area (Å²) in [6.07, 6.45) is -1.03. The summed E-state index contributed by atoms with van der Waals surface area (Å²) < 4.78 is 42.6. The zero-order valence-electron chi connectivity index (χ0n) is 10.7. The van der Waals surface area contributed by atoms with E-state index < -0.39 is 12.7 Å². The van der Waals surface area contributed by atoms with E-state index in [-0.39, 0.29) is 18.0 Å². The van der Waals surface area contributed by atoms with Crippen LogP contribution in [-0.4, -0.2) is 39.8 Å². The average molecular weight is 275 g/mol. The van der Waals surface area contributed by atoms with Gasteiger partial charge in [-0.05, 0) is 25.7 Å². The maximum Gasteiger partial charge on any atom is 0.401 e. The molecule has 2 saturated heterocycles. The summed E-state index contributed by atoms with van der Waals surface area (Å²) in [5, 5.41) is 3.91. The van der Waals surface area contributed by atoms with Gasteiger partial charge in [0.1, 0.15) is 0 Å². The second-order valence-corrected chi connectivity index (χ2v) is 5.51. The van der Waals surface area contributed by atoms with Crippen LogP contribution in [0.25, 0.3) is 0 Å². The molecule has 1 aromatic rings. The van der Waals surface area contributed by atoms with Gasteiger partial charge >= 0.3 is 6.18 Å². The molecular formula is C12H16F3N3O. The lowest BCUT2D eigenvalue weighted by Crippen LogP contribution is -2.46. The highest BCUT2D eigenvalue weighted by Gasteiger charge is 2.46. The van der Waals surface area contributed by atoms with E-state index in [1.165, 1.54) is 0 Å². The first-order chi connectivity index (χ1) is 8.92. The number of halogens is 3. The van der Waals surface area contributed by atoms with E-state index in [9.17, 15) is 13.2 Å². The van der Waals surface area contributed by atoms with E-state index >= 15 is 0 Å². The first-order valence-corrected chi connectivity index (χ1v) is 6.55. The quantitative estimate of drug-likeness (QED) is 0.832. The second-order valence-electron chi connectivity index (χ2n) is 5.51.